The van der Waals surface area contributed by atoms with Gasteiger partial charge in [0, 0.05) is 15.7 Å². The molecule has 21 heavy (non-hydrogen) atoms. The van der Waals surface area contributed by atoms with Gasteiger partial charge in [-0.3, -0.25) is 0 Å². The molecule has 2 rings (SSSR count). The predicted octanol–water partition coefficient (Wildman–Crippen LogP) is 5.45. The van der Waals surface area contributed by atoms with Gasteiger partial charge in [-0.15, -0.1) is 0 Å². The summed E-state index contributed by atoms with van der Waals surface area (Å²) in [7, 11) is 0. The summed E-state index contributed by atoms with van der Waals surface area (Å²) in [5, 5.41) is 5.04. The summed E-state index contributed by atoms with van der Waals surface area (Å²) in [6.07, 6.45) is 0. The molecule has 6 heteroatoms. The van der Waals surface area contributed by atoms with Crippen LogP contribution in [-0.2, 0) is 0 Å². The van der Waals surface area contributed by atoms with Crippen LogP contribution in [0.2, 0.25) is 15.1 Å². The summed E-state index contributed by atoms with van der Waals surface area (Å²) < 4.78 is 0. The van der Waals surface area contributed by atoms with Crippen LogP contribution in [0.5, 0.6) is 0 Å². The van der Waals surface area contributed by atoms with E-state index in [2.05, 4.69) is 5.32 Å². The number of nitrogens with one attached hydrogen (secondary N) is 1. The maximum Gasteiger partial charge on any atom is 0.107 e. The fourth-order valence-electron chi connectivity index (χ4n) is 2.06. The normalized spacial score (nSPS) is 12.0. The topological polar surface area (TPSA) is 38.0 Å². The van der Waals surface area contributed by atoms with Crippen LogP contribution in [0.15, 0.2) is 36.4 Å². The van der Waals surface area contributed by atoms with E-state index in [0.29, 0.717) is 20.6 Å². The van der Waals surface area contributed by atoms with Gasteiger partial charge in [0.1, 0.15) is 4.99 Å². The molecule has 3 N–H and O–H groups in total. The minimum Gasteiger partial charge on any atom is -0.389 e. The van der Waals surface area contributed by atoms with Crippen molar-refractivity contribution in [1.82, 2.24) is 0 Å². The number of benzene rings is 2. The Hall–Kier alpha value is -1.000. The zero-order chi connectivity index (χ0) is 15.6. The van der Waals surface area contributed by atoms with Crippen LogP contribution in [0.25, 0.3) is 0 Å². The van der Waals surface area contributed by atoms with Crippen molar-refractivity contribution >= 4 is 57.7 Å². The molecule has 0 saturated heterocycles. The lowest BCUT2D eigenvalue weighted by atomic mass is 10.1. The average Bonchev–Trinajstić information content (AvgIpc) is 2.37. The molecule has 0 aliphatic carbocycles. The highest BCUT2D eigenvalue weighted by Gasteiger charge is 2.14. The first-order chi connectivity index (χ1) is 9.90. The summed E-state index contributed by atoms with van der Waals surface area (Å²) in [4.78, 5) is 0.248. The van der Waals surface area contributed by atoms with E-state index in [1.54, 1.807) is 18.2 Å². The van der Waals surface area contributed by atoms with E-state index >= 15 is 0 Å². The second-order valence-corrected chi connectivity index (χ2v) is 6.25. The molecule has 0 amide bonds. The molecule has 0 fully saturated rings. The van der Waals surface area contributed by atoms with Crippen molar-refractivity contribution in [1.29, 1.82) is 0 Å². The summed E-state index contributed by atoms with van der Waals surface area (Å²) >= 11 is 23.4. The van der Waals surface area contributed by atoms with Crippen molar-refractivity contribution < 1.29 is 0 Å². The minimum atomic E-state index is -0.0543. The van der Waals surface area contributed by atoms with Crippen LogP contribution in [0.4, 0.5) is 5.69 Å². The van der Waals surface area contributed by atoms with Gasteiger partial charge in [-0.1, -0.05) is 59.2 Å². The fourth-order valence-corrected chi connectivity index (χ4v) is 3.18. The highest BCUT2D eigenvalue weighted by molar-refractivity contribution is 7.80. The van der Waals surface area contributed by atoms with Crippen LogP contribution in [0.3, 0.4) is 0 Å². The van der Waals surface area contributed by atoms with Crippen molar-refractivity contribution in [2.24, 2.45) is 5.73 Å². The fraction of sp³-hybridized carbons (Fsp3) is 0.133. The summed E-state index contributed by atoms with van der Waals surface area (Å²) in [6.45, 7) is 1.99. The molecule has 0 spiro atoms. The third-order valence-corrected chi connectivity index (χ3v) is 4.14. The predicted molar refractivity (Wildman–Crippen MR) is 95.8 cm³/mol. The molecule has 2 aromatic carbocycles. The molecule has 110 valence electrons. The van der Waals surface area contributed by atoms with Gasteiger partial charge in [0.25, 0.3) is 0 Å². The number of anilines is 1. The van der Waals surface area contributed by atoms with Gasteiger partial charge in [-0.25, -0.2) is 0 Å². The molecule has 0 aliphatic heterocycles. The summed E-state index contributed by atoms with van der Waals surface area (Å²) in [6, 6.07) is 10.8. The Bertz CT molecular complexity index is 689. The van der Waals surface area contributed by atoms with Gasteiger partial charge in [-0.05, 0) is 36.8 Å². The lowest BCUT2D eigenvalue weighted by Crippen LogP contribution is -2.16. The standard InChI is InChI=1S/C15H13Cl3N2S/c1-8(10-6-5-9(16)7-12(10)18)20-13-4-2-3-11(17)14(13)15(19)21/h2-8,20H,1H3,(H2,19,21). The van der Waals surface area contributed by atoms with E-state index < -0.39 is 0 Å². The van der Waals surface area contributed by atoms with Gasteiger partial charge < -0.3 is 11.1 Å². The van der Waals surface area contributed by atoms with Crippen molar-refractivity contribution in [3.63, 3.8) is 0 Å². The van der Waals surface area contributed by atoms with Gasteiger partial charge in [0.2, 0.25) is 0 Å². The first kappa shape index (κ1) is 16.4. The number of hydrogen-bond acceptors (Lipinski definition) is 2. The van der Waals surface area contributed by atoms with Gasteiger partial charge >= 0.3 is 0 Å². The van der Waals surface area contributed by atoms with E-state index in [4.69, 9.17) is 52.8 Å². The van der Waals surface area contributed by atoms with Gasteiger partial charge in [0.15, 0.2) is 0 Å². The van der Waals surface area contributed by atoms with Crippen LogP contribution in [0, 0.1) is 0 Å². The van der Waals surface area contributed by atoms with Crippen LogP contribution in [-0.4, -0.2) is 4.99 Å². The Labute approximate surface area is 144 Å². The molecule has 1 unspecified atom stereocenters. The second kappa shape index (κ2) is 6.84. The first-order valence-corrected chi connectivity index (χ1v) is 7.74. The highest BCUT2D eigenvalue weighted by atomic mass is 35.5. The van der Waals surface area contributed by atoms with E-state index in [1.807, 2.05) is 25.1 Å². The number of nitrogens with two attached hydrogens (primary N) is 1. The van der Waals surface area contributed by atoms with Crippen LogP contribution >= 0.6 is 47.0 Å². The van der Waals surface area contributed by atoms with Crippen LogP contribution < -0.4 is 11.1 Å². The number of hydrogen-bond donors (Lipinski definition) is 2. The number of thiocarbonyl (C=S) groups is 1. The lowest BCUT2D eigenvalue weighted by molar-refractivity contribution is 0.884. The monoisotopic (exact) mass is 358 g/mol. The largest absolute Gasteiger partial charge is 0.389 e. The zero-order valence-corrected chi connectivity index (χ0v) is 14.2. The summed E-state index contributed by atoms with van der Waals surface area (Å²) in [5.74, 6) is 0. The maximum absolute atomic E-state index is 6.22. The molecular weight excluding hydrogens is 347 g/mol. The second-order valence-electron chi connectivity index (χ2n) is 4.56. The Morgan fingerprint density at radius 1 is 1.14 bits per heavy atom. The van der Waals surface area contributed by atoms with E-state index in [9.17, 15) is 0 Å². The van der Waals surface area contributed by atoms with Gasteiger partial charge in [0.05, 0.1) is 16.6 Å². The average molecular weight is 360 g/mol. The molecule has 0 aromatic heterocycles. The Morgan fingerprint density at radius 2 is 1.86 bits per heavy atom. The number of rotatable bonds is 4. The van der Waals surface area contributed by atoms with E-state index in [1.165, 1.54) is 0 Å². The Kier molecular flexibility index (Phi) is 5.33. The van der Waals surface area contributed by atoms with Gasteiger partial charge in [-0.2, -0.15) is 0 Å². The SMILES string of the molecule is CC(Nc1cccc(Cl)c1C(N)=S)c1ccc(Cl)cc1Cl. The third kappa shape index (κ3) is 3.80. The molecule has 0 bridgehead atoms. The third-order valence-electron chi connectivity index (χ3n) is 3.06. The molecule has 0 heterocycles. The lowest BCUT2D eigenvalue weighted by Gasteiger charge is -2.20. The minimum absolute atomic E-state index is 0.0543. The molecule has 2 aromatic rings. The smallest absolute Gasteiger partial charge is 0.107 e. The van der Waals surface area contributed by atoms with Crippen molar-refractivity contribution in [2.45, 2.75) is 13.0 Å². The Morgan fingerprint density at radius 3 is 2.48 bits per heavy atom. The molecule has 0 radical (unpaired) electrons. The maximum atomic E-state index is 6.22. The van der Waals surface area contributed by atoms with Crippen molar-refractivity contribution in [3.8, 4) is 0 Å². The van der Waals surface area contributed by atoms with Crippen molar-refractivity contribution in [2.75, 3.05) is 5.32 Å². The van der Waals surface area contributed by atoms with Crippen LogP contribution in [0.1, 0.15) is 24.1 Å². The van der Waals surface area contributed by atoms with Crippen molar-refractivity contribution in [3.05, 3.63) is 62.6 Å². The Balaban J connectivity index is 2.34. The molecule has 0 saturated carbocycles. The highest BCUT2D eigenvalue weighted by Crippen LogP contribution is 2.31. The molecule has 0 aliphatic rings. The number of halogens is 3. The zero-order valence-electron chi connectivity index (χ0n) is 11.2. The molecule has 1 atom stereocenters. The molecule has 2 nitrogen and oxygen atoms in total. The molecular formula is C15H13Cl3N2S. The summed E-state index contributed by atoms with van der Waals surface area (Å²) in [5.41, 5.74) is 8.07. The van der Waals surface area contributed by atoms with E-state index in [0.717, 1.165) is 11.3 Å². The first-order valence-electron chi connectivity index (χ1n) is 6.20. The quantitative estimate of drug-likeness (QED) is 0.712. The van der Waals surface area contributed by atoms with E-state index in [-0.39, 0.29) is 11.0 Å².